The minimum Gasteiger partial charge on any atom is -0.497 e. The molecule has 0 spiro atoms. The maximum absolute atomic E-state index is 11.3. The fourth-order valence-corrected chi connectivity index (χ4v) is 8.60. The van der Waals surface area contributed by atoms with Crippen LogP contribution in [0.25, 0.3) is 11.1 Å². The van der Waals surface area contributed by atoms with Gasteiger partial charge in [-0.15, -0.1) is 0 Å². The molecule has 0 unspecified atom stereocenters. The van der Waals surface area contributed by atoms with Gasteiger partial charge in [-0.05, 0) is 221 Å². The van der Waals surface area contributed by atoms with Crippen LogP contribution in [0.4, 0.5) is 45.5 Å². The SMILES string of the molecule is COc1ccc(N(c2ccc(OC)cc2)c2ccc(/C(=C(/c3ccc(N(c4ccc(OC)cc4)c4ccc(OC)cc4)cc3)c3ccc(N(O)C(C)(C)C)cc3)c3ccc(N(O)C(C)(C)C)cc3)cc2)cc1. The van der Waals surface area contributed by atoms with E-state index < -0.39 is 11.1 Å². The third-order valence-corrected chi connectivity index (χ3v) is 12.5. The number of rotatable bonds is 16. The van der Waals surface area contributed by atoms with Crippen LogP contribution in [-0.4, -0.2) is 49.9 Å². The zero-order chi connectivity index (χ0) is 51.2. The summed E-state index contributed by atoms with van der Waals surface area (Å²) in [6.45, 7) is 11.8. The van der Waals surface area contributed by atoms with E-state index in [2.05, 4.69) is 131 Å². The minimum atomic E-state index is -0.524. The minimum absolute atomic E-state index is 0.524. The molecule has 0 aliphatic carbocycles. The van der Waals surface area contributed by atoms with Crippen LogP contribution >= 0.6 is 0 Å². The van der Waals surface area contributed by atoms with Crippen molar-refractivity contribution in [1.29, 1.82) is 0 Å². The highest BCUT2D eigenvalue weighted by molar-refractivity contribution is 6.05. The van der Waals surface area contributed by atoms with Crippen molar-refractivity contribution in [2.75, 3.05) is 48.4 Å². The van der Waals surface area contributed by atoms with Crippen molar-refractivity contribution in [2.45, 2.75) is 52.6 Å². The molecule has 72 heavy (non-hydrogen) atoms. The smallest absolute Gasteiger partial charge is 0.119 e. The molecule has 0 aromatic heterocycles. The van der Waals surface area contributed by atoms with E-state index in [-0.39, 0.29) is 0 Å². The molecule has 0 radical (unpaired) electrons. The summed E-state index contributed by atoms with van der Waals surface area (Å²) in [7, 11) is 6.67. The van der Waals surface area contributed by atoms with E-state index in [4.69, 9.17) is 18.9 Å². The first-order valence-corrected chi connectivity index (χ1v) is 23.9. The summed E-state index contributed by atoms with van der Waals surface area (Å²) in [4.78, 5) is 4.41. The largest absolute Gasteiger partial charge is 0.497 e. The number of hydrogen-bond acceptors (Lipinski definition) is 10. The molecule has 8 aromatic rings. The summed E-state index contributed by atoms with van der Waals surface area (Å²) in [5.41, 5.74) is 11.8. The van der Waals surface area contributed by atoms with E-state index in [1.165, 1.54) is 10.1 Å². The van der Waals surface area contributed by atoms with E-state index in [1.807, 2.05) is 114 Å². The second-order valence-corrected chi connectivity index (χ2v) is 19.4. The number of hydroxylamine groups is 2. The summed E-state index contributed by atoms with van der Waals surface area (Å²) in [5, 5.41) is 25.1. The van der Waals surface area contributed by atoms with Gasteiger partial charge in [0.05, 0.1) is 50.9 Å². The van der Waals surface area contributed by atoms with Gasteiger partial charge in [0.15, 0.2) is 0 Å². The highest BCUT2D eigenvalue weighted by Crippen LogP contribution is 2.43. The van der Waals surface area contributed by atoms with Gasteiger partial charge >= 0.3 is 0 Å². The van der Waals surface area contributed by atoms with Crippen LogP contribution < -0.4 is 38.9 Å². The monoisotopic (exact) mass is 960 g/mol. The lowest BCUT2D eigenvalue weighted by molar-refractivity contribution is 0.181. The Labute approximate surface area is 424 Å². The molecule has 0 heterocycles. The molecule has 10 heteroatoms. The molecule has 0 saturated heterocycles. The standard InChI is InChI=1S/C62H64N4O6/c1-61(2,3)65(67)53-23-15-45(16-24-53)59(43-11-19-47(20-12-43)63(49-27-35-55(69-7)36-28-49)50-29-37-56(70-8)38-30-50)60(46-17-25-54(26-18-46)66(68)62(4,5)6)44-13-21-48(22-14-44)64(51-31-39-57(71-9)40-32-51)52-33-41-58(72-10)42-34-52/h11-42,67-68H,1-10H3/b60-59+. The zero-order valence-electron chi connectivity index (χ0n) is 42.8. The van der Waals surface area contributed by atoms with Gasteiger partial charge in [-0.2, -0.15) is 0 Å². The molecule has 0 saturated carbocycles. The molecule has 0 amide bonds. The zero-order valence-corrected chi connectivity index (χ0v) is 42.8. The molecule has 0 fully saturated rings. The number of methoxy groups -OCH3 is 4. The normalized spacial score (nSPS) is 11.8. The van der Waals surface area contributed by atoms with Crippen molar-refractivity contribution in [3.8, 4) is 23.0 Å². The third-order valence-electron chi connectivity index (χ3n) is 12.5. The van der Waals surface area contributed by atoms with Crippen LogP contribution in [-0.2, 0) is 0 Å². The molecular weight excluding hydrogens is 897 g/mol. The van der Waals surface area contributed by atoms with Crippen LogP contribution in [0.15, 0.2) is 194 Å². The van der Waals surface area contributed by atoms with Crippen LogP contribution in [0, 0.1) is 0 Å². The van der Waals surface area contributed by atoms with E-state index in [9.17, 15) is 10.4 Å². The summed E-state index contributed by atoms with van der Waals surface area (Å²) in [6.07, 6.45) is 0. The summed E-state index contributed by atoms with van der Waals surface area (Å²) < 4.78 is 22.1. The van der Waals surface area contributed by atoms with Crippen molar-refractivity contribution < 1.29 is 29.4 Å². The van der Waals surface area contributed by atoms with Crippen molar-refractivity contribution in [3.63, 3.8) is 0 Å². The number of anilines is 8. The van der Waals surface area contributed by atoms with Crippen molar-refractivity contribution in [3.05, 3.63) is 216 Å². The number of hydrogen-bond donors (Lipinski definition) is 2. The van der Waals surface area contributed by atoms with Gasteiger partial charge < -0.3 is 28.7 Å². The maximum atomic E-state index is 11.3. The lowest BCUT2D eigenvalue weighted by atomic mass is 9.85. The van der Waals surface area contributed by atoms with Gasteiger partial charge in [-0.3, -0.25) is 20.5 Å². The first kappa shape index (κ1) is 50.2. The Morgan fingerprint density at radius 3 is 0.611 bits per heavy atom. The average molecular weight is 961 g/mol. The topological polar surface area (TPSA) is 90.3 Å². The molecule has 8 aromatic carbocycles. The predicted octanol–water partition coefficient (Wildman–Crippen LogP) is 15.7. The maximum Gasteiger partial charge on any atom is 0.119 e. The molecule has 2 N–H and O–H groups in total. The van der Waals surface area contributed by atoms with E-state index >= 15 is 0 Å². The van der Waals surface area contributed by atoms with Gasteiger partial charge in [0.2, 0.25) is 0 Å². The molecule has 0 aliphatic rings. The van der Waals surface area contributed by atoms with E-state index in [0.717, 1.165) is 90.5 Å². The molecule has 0 aliphatic heterocycles. The Balaban J connectivity index is 1.34. The highest BCUT2D eigenvalue weighted by Gasteiger charge is 2.24. The fraction of sp³-hybridized carbons (Fsp3) is 0.194. The Morgan fingerprint density at radius 2 is 0.444 bits per heavy atom. The molecule has 10 nitrogen and oxygen atoms in total. The number of nitrogens with zero attached hydrogens (tertiary/aromatic N) is 4. The lowest BCUT2D eigenvalue weighted by Crippen LogP contribution is -2.38. The lowest BCUT2D eigenvalue weighted by Gasteiger charge is -2.31. The van der Waals surface area contributed by atoms with Gasteiger partial charge in [0, 0.05) is 34.1 Å². The molecule has 368 valence electrons. The summed E-state index contributed by atoms with van der Waals surface area (Å²) in [6, 6.07) is 65.5. The average Bonchev–Trinajstić information content (AvgIpc) is 3.41. The summed E-state index contributed by atoms with van der Waals surface area (Å²) in [5.74, 6) is 3.07. The van der Waals surface area contributed by atoms with Crippen LogP contribution in [0.3, 0.4) is 0 Å². The first-order chi connectivity index (χ1) is 34.6. The van der Waals surface area contributed by atoms with Crippen molar-refractivity contribution in [1.82, 2.24) is 0 Å². The van der Waals surface area contributed by atoms with Crippen LogP contribution in [0.5, 0.6) is 23.0 Å². The Kier molecular flexibility index (Phi) is 15.0. The van der Waals surface area contributed by atoms with Crippen LogP contribution in [0.2, 0.25) is 0 Å². The Morgan fingerprint density at radius 1 is 0.278 bits per heavy atom. The van der Waals surface area contributed by atoms with Crippen molar-refractivity contribution in [2.24, 2.45) is 0 Å². The van der Waals surface area contributed by atoms with E-state index in [0.29, 0.717) is 11.4 Å². The second-order valence-electron chi connectivity index (χ2n) is 19.4. The van der Waals surface area contributed by atoms with E-state index in [1.54, 1.807) is 28.4 Å². The van der Waals surface area contributed by atoms with Gasteiger partial charge in [-0.25, -0.2) is 0 Å². The fourth-order valence-electron chi connectivity index (χ4n) is 8.60. The molecule has 0 atom stereocenters. The van der Waals surface area contributed by atoms with Gasteiger partial charge in [-0.1, -0.05) is 48.5 Å². The summed E-state index contributed by atoms with van der Waals surface area (Å²) >= 11 is 0. The third kappa shape index (κ3) is 11.1. The first-order valence-electron chi connectivity index (χ1n) is 23.9. The second kappa shape index (κ2) is 21.4. The highest BCUT2D eigenvalue weighted by atomic mass is 16.5. The quantitative estimate of drug-likeness (QED) is 0.0721. The van der Waals surface area contributed by atoms with Gasteiger partial charge in [0.1, 0.15) is 23.0 Å². The number of ether oxygens (including phenoxy) is 4. The Hall–Kier alpha value is -8.18. The Bertz CT molecular complexity index is 2750. The number of benzene rings is 8. The van der Waals surface area contributed by atoms with Gasteiger partial charge in [0.25, 0.3) is 0 Å². The molecular formula is C62H64N4O6. The predicted molar refractivity (Wildman–Crippen MR) is 294 cm³/mol. The molecule has 8 rings (SSSR count). The van der Waals surface area contributed by atoms with Crippen LogP contribution in [0.1, 0.15) is 63.8 Å². The van der Waals surface area contributed by atoms with Crippen molar-refractivity contribution >= 4 is 56.6 Å². The molecule has 0 bridgehead atoms.